The van der Waals surface area contributed by atoms with Gasteiger partial charge in [0.15, 0.2) is 0 Å². The number of ether oxygens (including phenoxy) is 2. The Bertz CT molecular complexity index is 634. The van der Waals surface area contributed by atoms with Gasteiger partial charge in [-0.1, -0.05) is 6.07 Å². The highest BCUT2D eigenvalue weighted by Gasteiger charge is 2.26. The lowest BCUT2D eigenvalue weighted by atomic mass is 9.97. The standard InChI is InChI=1S/C17H22N4O3/c1-2-7-18-15(3-1)21-8-4-13(5-9-21)17-20-19-16(24-17)12-23-14-6-10-22-11-14/h1-3,7,13-14H,4-6,8-12H2. The van der Waals surface area contributed by atoms with Gasteiger partial charge in [-0.2, -0.15) is 0 Å². The number of piperidine rings is 1. The van der Waals surface area contributed by atoms with Crippen molar-refractivity contribution in [1.29, 1.82) is 0 Å². The van der Waals surface area contributed by atoms with Crippen molar-refractivity contribution < 1.29 is 13.9 Å². The molecule has 0 aromatic carbocycles. The number of nitrogens with zero attached hydrogens (tertiary/aromatic N) is 4. The van der Waals surface area contributed by atoms with Crippen LogP contribution in [0.25, 0.3) is 0 Å². The van der Waals surface area contributed by atoms with E-state index in [1.165, 1.54) is 0 Å². The molecule has 4 heterocycles. The highest BCUT2D eigenvalue weighted by molar-refractivity contribution is 5.38. The summed E-state index contributed by atoms with van der Waals surface area (Å²) in [4.78, 5) is 6.72. The van der Waals surface area contributed by atoms with E-state index in [1.807, 2.05) is 18.3 Å². The van der Waals surface area contributed by atoms with Crippen molar-refractivity contribution >= 4 is 5.82 Å². The fourth-order valence-electron chi connectivity index (χ4n) is 3.22. The van der Waals surface area contributed by atoms with E-state index in [1.54, 1.807) is 0 Å². The van der Waals surface area contributed by atoms with Crippen LogP contribution in [-0.4, -0.2) is 47.6 Å². The summed E-state index contributed by atoms with van der Waals surface area (Å²) in [6, 6.07) is 6.01. The van der Waals surface area contributed by atoms with E-state index in [9.17, 15) is 0 Å². The normalized spacial score (nSPS) is 22.2. The minimum Gasteiger partial charge on any atom is -0.422 e. The van der Waals surface area contributed by atoms with E-state index < -0.39 is 0 Å². The quantitative estimate of drug-likeness (QED) is 0.831. The first-order chi connectivity index (χ1) is 11.9. The first-order valence-corrected chi connectivity index (χ1v) is 8.56. The van der Waals surface area contributed by atoms with Crippen LogP contribution in [0.5, 0.6) is 0 Å². The third-order valence-corrected chi connectivity index (χ3v) is 4.63. The lowest BCUT2D eigenvalue weighted by Gasteiger charge is -2.31. The zero-order valence-corrected chi connectivity index (χ0v) is 13.6. The second kappa shape index (κ2) is 7.27. The van der Waals surface area contributed by atoms with Crippen LogP contribution < -0.4 is 4.90 Å². The molecule has 7 nitrogen and oxygen atoms in total. The molecule has 0 spiro atoms. The molecule has 0 radical (unpaired) electrons. The summed E-state index contributed by atoms with van der Waals surface area (Å²) < 4.78 is 16.8. The molecule has 0 amide bonds. The smallest absolute Gasteiger partial charge is 0.242 e. The van der Waals surface area contributed by atoms with Gasteiger partial charge in [-0.3, -0.25) is 0 Å². The number of hydrogen-bond donors (Lipinski definition) is 0. The summed E-state index contributed by atoms with van der Waals surface area (Å²) in [5.41, 5.74) is 0. The summed E-state index contributed by atoms with van der Waals surface area (Å²) >= 11 is 0. The van der Waals surface area contributed by atoms with Crippen molar-refractivity contribution in [2.75, 3.05) is 31.2 Å². The Morgan fingerprint density at radius 1 is 1.17 bits per heavy atom. The Morgan fingerprint density at radius 3 is 2.83 bits per heavy atom. The average molecular weight is 330 g/mol. The molecule has 1 atom stereocenters. The molecule has 1 unspecified atom stereocenters. The van der Waals surface area contributed by atoms with Crippen molar-refractivity contribution in [2.45, 2.75) is 37.9 Å². The van der Waals surface area contributed by atoms with Gasteiger partial charge in [0.05, 0.1) is 12.7 Å². The van der Waals surface area contributed by atoms with Gasteiger partial charge in [-0.05, 0) is 31.4 Å². The Kier molecular flexibility index (Phi) is 4.71. The first-order valence-electron chi connectivity index (χ1n) is 8.56. The second-order valence-electron chi connectivity index (χ2n) is 6.28. The molecule has 2 aromatic rings. The van der Waals surface area contributed by atoms with Crippen LogP contribution in [0.4, 0.5) is 5.82 Å². The molecule has 128 valence electrons. The van der Waals surface area contributed by atoms with Crippen molar-refractivity contribution in [3.8, 4) is 0 Å². The Hall–Kier alpha value is -1.99. The summed E-state index contributed by atoms with van der Waals surface area (Å²) in [7, 11) is 0. The molecule has 0 saturated carbocycles. The van der Waals surface area contributed by atoms with Crippen molar-refractivity contribution in [3.05, 3.63) is 36.2 Å². The Labute approximate surface area is 141 Å². The van der Waals surface area contributed by atoms with Crippen molar-refractivity contribution in [2.24, 2.45) is 0 Å². The topological polar surface area (TPSA) is 73.5 Å². The number of pyridine rings is 1. The van der Waals surface area contributed by atoms with Crippen LogP contribution in [0.2, 0.25) is 0 Å². The van der Waals surface area contributed by atoms with Gasteiger partial charge in [0, 0.05) is 31.8 Å². The number of anilines is 1. The molecule has 0 bridgehead atoms. The summed E-state index contributed by atoms with van der Waals surface area (Å²) in [5.74, 6) is 2.65. The summed E-state index contributed by atoms with van der Waals surface area (Å²) in [5, 5.41) is 8.34. The van der Waals surface area contributed by atoms with Crippen LogP contribution in [-0.2, 0) is 16.1 Å². The van der Waals surface area contributed by atoms with Crippen LogP contribution in [0, 0.1) is 0 Å². The molecule has 4 rings (SSSR count). The SMILES string of the molecule is c1ccc(N2CCC(c3nnc(COC4CCOC4)o3)CC2)nc1. The van der Waals surface area contributed by atoms with Gasteiger partial charge in [0.1, 0.15) is 12.4 Å². The maximum absolute atomic E-state index is 5.80. The van der Waals surface area contributed by atoms with Crippen LogP contribution in [0.3, 0.4) is 0 Å². The average Bonchev–Trinajstić information content (AvgIpc) is 3.33. The summed E-state index contributed by atoms with van der Waals surface area (Å²) in [6.45, 7) is 3.71. The largest absolute Gasteiger partial charge is 0.422 e. The van der Waals surface area contributed by atoms with Crippen molar-refractivity contribution in [3.63, 3.8) is 0 Å². The lowest BCUT2D eigenvalue weighted by Crippen LogP contribution is -2.33. The van der Waals surface area contributed by atoms with E-state index >= 15 is 0 Å². The fraction of sp³-hybridized carbons (Fsp3) is 0.588. The first kappa shape index (κ1) is 15.5. The molecule has 24 heavy (non-hydrogen) atoms. The predicted octanol–water partition coefficient (Wildman–Crippen LogP) is 2.15. The molecule has 2 aliphatic rings. The van der Waals surface area contributed by atoms with Gasteiger partial charge in [0.25, 0.3) is 0 Å². The Balaban J connectivity index is 1.29. The predicted molar refractivity (Wildman–Crippen MR) is 86.7 cm³/mol. The van der Waals surface area contributed by atoms with E-state index in [0.717, 1.165) is 50.7 Å². The number of aromatic nitrogens is 3. The molecular formula is C17H22N4O3. The number of hydrogen-bond acceptors (Lipinski definition) is 7. The zero-order valence-electron chi connectivity index (χ0n) is 13.6. The molecule has 2 saturated heterocycles. The molecular weight excluding hydrogens is 308 g/mol. The molecule has 7 heteroatoms. The third-order valence-electron chi connectivity index (χ3n) is 4.63. The molecule has 2 aromatic heterocycles. The fourth-order valence-corrected chi connectivity index (χ4v) is 3.22. The third kappa shape index (κ3) is 3.57. The Morgan fingerprint density at radius 2 is 2.08 bits per heavy atom. The van der Waals surface area contributed by atoms with Gasteiger partial charge in [-0.15, -0.1) is 10.2 Å². The molecule has 2 aliphatic heterocycles. The zero-order chi connectivity index (χ0) is 16.2. The van der Waals surface area contributed by atoms with Gasteiger partial charge in [0.2, 0.25) is 11.8 Å². The van der Waals surface area contributed by atoms with E-state index in [2.05, 4.69) is 26.1 Å². The molecule has 0 N–H and O–H groups in total. The number of rotatable bonds is 5. The highest BCUT2D eigenvalue weighted by atomic mass is 16.5. The van der Waals surface area contributed by atoms with Crippen LogP contribution in [0.15, 0.2) is 28.8 Å². The maximum atomic E-state index is 5.80. The second-order valence-corrected chi connectivity index (χ2v) is 6.28. The van der Waals surface area contributed by atoms with E-state index in [0.29, 0.717) is 25.0 Å². The lowest BCUT2D eigenvalue weighted by molar-refractivity contribution is 0.0207. The maximum Gasteiger partial charge on any atom is 0.242 e. The minimum absolute atomic E-state index is 0.155. The van der Waals surface area contributed by atoms with Gasteiger partial charge >= 0.3 is 0 Å². The van der Waals surface area contributed by atoms with E-state index in [-0.39, 0.29) is 6.10 Å². The summed E-state index contributed by atoms with van der Waals surface area (Å²) in [6.07, 6.45) is 4.92. The van der Waals surface area contributed by atoms with Crippen LogP contribution in [0.1, 0.15) is 37.0 Å². The van der Waals surface area contributed by atoms with Crippen molar-refractivity contribution in [1.82, 2.24) is 15.2 Å². The monoisotopic (exact) mass is 330 g/mol. The molecule has 0 aliphatic carbocycles. The molecule has 2 fully saturated rings. The van der Waals surface area contributed by atoms with Crippen LogP contribution >= 0.6 is 0 Å². The van der Waals surface area contributed by atoms with E-state index in [4.69, 9.17) is 13.9 Å². The van der Waals surface area contributed by atoms with Gasteiger partial charge < -0.3 is 18.8 Å². The highest BCUT2D eigenvalue weighted by Crippen LogP contribution is 2.29. The van der Waals surface area contributed by atoms with Gasteiger partial charge in [-0.25, -0.2) is 4.98 Å². The minimum atomic E-state index is 0.155.